The third-order valence-corrected chi connectivity index (χ3v) is 3.13. The van der Waals surface area contributed by atoms with E-state index < -0.39 is 12.5 Å². The third-order valence-electron chi connectivity index (χ3n) is 3.13. The molecule has 0 fully saturated rings. The second-order valence-electron chi connectivity index (χ2n) is 5.22. The lowest BCUT2D eigenvalue weighted by Crippen LogP contribution is -2.20. The molecule has 25 heavy (non-hydrogen) atoms. The summed E-state index contributed by atoms with van der Waals surface area (Å²) in [4.78, 5) is 22.7. The van der Waals surface area contributed by atoms with Gasteiger partial charge in [0.05, 0.1) is 6.21 Å². The normalized spacial score (nSPS) is 10.5. The molecule has 0 saturated heterocycles. The fraction of sp³-hybridized carbons (Fsp3) is 0.167. The predicted molar refractivity (Wildman–Crippen MR) is 94.6 cm³/mol. The van der Waals surface area contributed by atoms with Crippen LogP contribution in [0.3, 0.4) is 0 Å². The Morgan fingerprint density at radius 1 is 1.08 bits per heavy atom. The Bertz CT molecular complexity index is 740. The average Bonchev–Trinajstić information content (AvgIpc) is 2.63. The van der Waals surface area contributed by atoms with E-state index in [2.05, 4.69) is 15.8 Å². The standard InChI is InChI=1S/C18H19N3O4/c1-13-2-6-15(7-3-13)20-18(24)12-25-16-8-4-14(5-9-16)10-19-21-17(23)11-22/h2-10,22H,11-12H2,1H3,(H,20,24)(H,21,23). The maximum Gasteiger partial charge on any atom is 0.265 e. The molecule has 2 rings (SSSR count). The molecule has 0 radical (unpaired) electrons. The molecule has 2 aromatic carbocycles. The van der Waals surface area contributed by atoms with Crippen molar-refractivity contribution in [3.05, 3.63) is 59.7 Å². The molecule has 0 atom stereocenters. The summed E-state index contributed by atoms with van der Waals surface area (Å²) in [6, 6.07) is 14.3. The third kappa shape index (κ3) is 6.44. The summed E-state index contributed by atoms with van der Waals surface area (Å²) in [5, 5.41) is 15.0. The highest BCUT2D eigenvalue weighted by Gasteiger charge is 2.03. The molecule has 0 heterocycles. The Kier molecular flexibility index (Phi) is 6.67. The van der Waals surface area contributed by atoms with Crippen LogP contribution in [-0.4, -0.2) is 36.3 Å². The number of aliphatic hydroxyl groups is 1. The van der Waals surface area contributed by atoms with Crippen molar-refractivity contribution in [3.8, 4) is 5.75 Å². The van der Waals surface area contributed by atoms with E-state index in [0.717, 1.165) is 16.8 Å². The van der Waals surface area contributed by atoms with Gasteiger partial charge in [0.1, 0.15) is 12.4 Å². The van der Waals surface area contributed by atoms with Gasteiger partial charge in [-0.2, -0.15) is 5.10 Å². The van der Waals surface area contributed by atoms with Gasteiger partial charge in [-0.25, -0.2) is 5.43 Å². The number of hydrazone groups is 1. The van der Waals surface area contributed by atoms with Crippen molar-refractivity contribution in [1.29, 1.82) is 0 Å². The number of nitrogens with one attached hydrogen (secondary N) is 2. The van der Waals surface area contributed by atoms with Crippen molar-refractivity contribution in [2.75, 3.05) is 18.5 Å². The topological polar surface area (TPSA) is 100 Å². The summed E-state index contributed by atoms with van der Waals surface area (Å²) < 4.78 is 5.42. The zero-order valence-electron chi connectivity index (χ0n) is 13.7. The van der Waals surface area contributed by atoms with Crippen LogP contribution < -0.4 is 15.5 Å². The number of nitrogens with zero attached hydrogens (tertiary/aromatic N) is 1. The van der Waals surface area contributed by atoms with Crippen LogP contribution in [0.15, 0.2) is 53.6 Å². The van der Waals surface area contributed by atoms with E-state index in [4.69, 9.17) is 9.84 Å². The zero-order valence-corrected chi connectivity index (χ0v) is 13.7. The number of carbonyl (C=O) groups excluding carboxylic acids is 2. The van der Waals surface area contributed by atoms with E-state index in [-0.39, 0.29) is 12.5 Å². The Hall–Kier alpha value is -3.19. The van der Waals surface area contributed by atoms with Crippen LogP contribution in [-0.2, 0) is 9.59 Å². The number of aliphatic hydroxyl groups excluding tert-OH is 1. The number of aryl methyl sites for hydroxylation is 1. The molecule has 0 spiro atoms. The van der Waals surface area contributed by atoms with Gasteiger partial charge in [-0.1, -0.05) is 17.7 Å². The molecule has 0 aliphatic rings. The largest absolute Gasteiger partial charge is 0.484 e. The van der Waals surface area contributed by atoms with Crippen LogP contribution in [0.5, 0.6) is 5.75 Å². The summed E-state index contributed by atoms with van der Waals surface area (Å²) in [6.07, 6.45) is 1.43. The lowest BCUT2D eigenvalue weighted by Gasteiger charge is -2.08. The molecule has 2 aromatic rings. The Morgan fingerprint density at radius 3 is 2.40 bits per heavy atom. The highest BCUT2D eigenvalue weighted by Crippen LogP contribution is 2.12. The van der Waals surface area contributed by atoms with Gasteiger partial charge >= 0.3 is 0 Å². The van der Waals surface area contributed by atoms with E-state index >= 15 is 0 Å². The summed E-state index contributed by atoms with van der Waals surface area (Å²) >= 11 is 0. The first-order chi connectivity index (χ1) is 12.1. The second-order valence-corrected chi connectivity index (χ2v) is 5.22. The molecule has 0 aromatic heterocycles. The number of ether oxygens (including phenoxy) is 1. The maximum absolute atomic E-state index is 11.9. The highest BCUT2D eigenvalue weighted by atomic mass is 16.5. The highest BCUT2D eigenvalue weighted by molar-refractivity contribution is 5.91. The molecule has 2 amide bonds. The van der Waals surface area contributed by atoms with Crippen LogP contribution >= 0.6 is 0 Å². The lowest BCUT2D eigenvalue weighted by atomic mass is 10.2. The first-order valence-electron chi connectivity index (χ1n) is 7.59. The van der Waals surface area contributed by atoms with Crippen LogP contribution in [0.2, 0.25) is 0 Å². The monoisotopic (exact) mass is 341 g/mol. The Labute approximate surface area is 145 Å². The van der Waals surface area contributed by atoms with Gasteiger partial charge in [-0.05, 0) is 48.9 Å². The molecule has 7 nitrogen and oxygen atoms in total. The molecule has 7 heteroatoms. The summed E-state index contributed by atoms with van der Waals surface area (Å²) in [7, 11) is 0. The van der Waals surface area contributed by atoms with E-state index in [1.165, 1.54) is 6.21 Å². The van der Waals surface area contributed by atoms with Crippen LogP contribution in [0.4, 0.5) is 5.69 Å². The van der Waals surface area contributed by atoms with E-state index in [1.807, 2.05) is 31.2 Å². The predicted octanol–water partition coefficient (Wildman–Crippen LogP) is 1.45. The molecule has 0 saturated carbocycles. The molecule has 130 valence electrons. The van der Waals surface area contributed by atoms with Gasteiger partial charge in [-0.3, -0.25) is 9.59 Å². The number of hydrogen-bond acceptors (Lipinski definition) is 5. The lowest BCUT2D eigenvalue weighted by molar-refractivity contribution is -0.123. The van der Waals surface area contributed by atoms with Crippen molar-refractivity contribution >= 4 is 23.7 Å². The van der Waals surface area contributed by atoms with Crippen molar-refractivity contribution in [2.24, 2.45) is 5.10 Å². The Balaban J connectivity index is 1.79. The van der Waals surface area contributed by atoms with Crippen molar-refractivity contribution in [2.45, 2.75) is 6.92 Å². The van der Waals surface area contributed by atoms with Gasteiger partial charge in [-0.15, -0.1) is 0 Å². The van der Waals surface area contributed by atoms with E-state index in [0.29, 0.717) is 5.75 Å². The van der Waals surface area contributed by atoms with Crippen molar-refractivity contribution in [1.82, 2.24) is 5.43 Å². The quantitative estimate of drug-likeness (QED) is 0.524. The van der Waals surface area contributed by atoms with Gasteiger partial charge in [0.15, 0.2) is 6.61 Å². The van der Waals surface area contributed by atoms with Gasteiger partial charge in [0.25, 0.3) is 11.8 Å². The fourth-order valence-corrected chi connectivity index (χ4v) is 1.85. The minimum atomic E-state index is -0.616. The SMILES string of the molecule is Cc1ccc(NC(=O)COc2ccc(C=NNC(=O)CO)cc2)cc1. The summed E-state index contributed by atoms with van der Waals surface area (Å²) in [5.41, 5.74) is 4.73. The molecular weight excluding hydrogens is 322 g/mol. The van der Waals surface area contributed by atoms with Crippen molar-refractivity contribution in [3.63, 3.8) is 0 Å². The fourth-order valence-electron chi connectivity index (χ4n) is 1.85. The molecule has 0 aliphatic carbocycles. The first-order valence-corrected chi connectivity index (χ1v) is 7.59. The van der Waals surface area contributed by atoms with Gasteiger partial charge in [0, 0.05) is 5.69 Å². The summed E-state index contributed by atoms with van der Waals surface area (Å²) in [6.45, 7) is 1.26. The summed E-state index contributed by atoms with van der Waals surface area (Å²) in [5.74, 6) is -0.299. The van der Waals surface area contributed by atoms with Crippen molar-refractivity contribution < 1.29 is 19.4 Å². The molecular formula is C18H19N3O4. The maximum atomic E-state index is 11.9. The smallest absolute Gasteiger partial charge is 0.265 e. The number of amides is 2. The first kappa shape index (κ1) is 18.2. The number of anilines is 1. The van der Waals surface area contributed by atoms with Crippen LogP contribution in [0.1, 0.15) is 11.1 Å². The number of carbonyl (C=O) groups is 2. The number of benzene rings is 2. The van der Waals surface area contributed by atoms with E-state index in [1.54, 1.807) is 24.3 Å². The second kappa shape index (κ2) is 9.19. The molecule has 0 unspecified atom stereocenters. The van der Waals surface area contributed by atoms with E-state index in [9.17, 15) is 9.59 Å². The zero-order chi connectivity index (χ0) is 18.1. The van der Waals surface area contributed by atoms with Gasteiger partial charge in [0.2, 0.25) is 0 Å². The van der Waals surface area contributed by atoms with Crippen LogP contribution in [0.25, 0.3) is 0 Å². The average molecular weight is 341 g/mol. The van der Waals surface area contributed by atoms with Gasteiger partial charge < -0.3 is 15.2 Å². The molecule has 3 N–H and O–H groups in total. The minimum absolute atomic E-state index is 0.103. The number of hydrogen-bond donors (Lipinski definition) is 3. The number of rotatable bonds is 7. The molecule has 0 bridgehead atoms. The van der Waals surface area contributed by atoms with Crippen LogP contribution in [0, 0.1) is 6.92 Å². The molecule has 0 aliphatic heterocycles. The minimum Gasteiger partial charge on any atom is -0.484 e. The Morgan fingerprint density at radius 2 is 1.76 bits per heavy atom.